The number of benzene rings is 1. The number of hydrogen-bond donors (Lipinski definition) is 1. The van der Waals surface area contributed by atoms with Crippen molar-refractivity contribution in [2.45, 2.75) is 29.7 Å². The number of hydrogen-bond acceptors (Lipinski definition) is 7. The van der Waals surface area contributed by atoms with Crippen molar-refractivity contribution >= 4 is 11.8 Å². The maximum Gasteiger partial charge on any atom is 0.276 e. The first-order valence-corrected chi connectivity index (χ1v) is 8.66. The molecular weight excluding hydrogens is 314 g/mol. The zero-order chi connectivity index (χ0) is 16.1. The van der Waals surface area contributed by atoms with Gasteiger partial charge >= 0.3 is 0 Å². The average molecular weight is 335 g/mol. The van der Waals surface area contributed by atoms with E-state index in [2.05, 4.69) is 15.5 Å². The van der Waals surface area contributed by atoms with E-state index in [-0.39, 0.29) is 0 Å². The summed E-state index contributed by atoms with van der Waals surface area (Å²) in [7, 11) is 3.27. The molecule has 0 amide bonds. The second-order valence-electron chi connectivity index (χ2n) is 5.41. The minimum atomic E-state index is 0.388. The molecule has 1 N–H and O–H groups in total. The van der Waals surface area contributed by atoms with E-state index in [1.54, 1.807) is 14.2 Å². The summed E-state index contributed by atoms with van der Waals surface area (Å²) in [4.78, 5) is 0. The lowest BCUT2D eigenvalue weighted by molar-refractivity contribution is 0.342. The second-order valence-corrected chi connectivity index (χ2v) is 6.34. The third-order valence-corrected chi connectivity index (χ3v) is 4.81. The molecule has 1 aliphatic heterocycles. The number of nitrogens with one attached hydrogen (secondary N) is 1. The van der Waals surface area contributed by atoms with Gasteiger partial charge in [0.2, 0.25) is 5.89 Å². The highest BCUT2D eigenvalue weighted by Gasteiger charge is 2.21. The lowest BCUT2D eigenvalue weighted by atomic mass is 9.98. The number of piperidine rings is 1. The van der Waals surface area contributed by atoms with Crippen LogP contribution in [-0.2, 0) is 5.75 Å². The van der Waals surface area contributed by atoms with Gasteiger partial charge in [-0.15, -0.1) is 10.2 Å². The van der Waals surface area contributed by atoms with Crippen LogP contribution in [0.2, 0.25) is 0 Å². The van der Waals surface area contributed by atoms with Crippen molar-refractivity contribution in [1.29, 1.82) is 0 Å². The van der Waals surface area contributed by atoms with Gasteiger partial charge in [-0.3, -0.25) is 0 Å². The highest BCUT2D eigenvalue weighted by Crippen LogP contribution is 2.31. The van der Waals surface area contributed by atoms with Crippen molar-refractivity contribution in [3.63, 3.8) is 0 Å². The smallest absolute Gasteiger partial charge is 0.276 e. The minimum absolute atomic E-state index is 0.388. The quantitative estimate of drug-likeness (QED) is 0.814. The average Bonchev–Trinajstić information content (AvgIpc) is 3.09. The summed E-state index contributed by atoms with van der Waals surface area (Å²) < 4.78 is 16.4. The van der Waals surface area contributed by atoms with Gasteiger partial charge in [-0.1, -0.05) is 17.8 Å². The van der Waals surface area contributed by atoms with E-state index in [1.165, 1.54) is 11.8 Å². The highest BCUT2D eigenvalue weighted by atomic mass is 32.2. The fourth-order valence-corrected chi connectivity index (χ4v) is 3.34. The molecule has 1 aromatic carbocycles. The molecule has 1 saturated heterocycles. The first-order valence-electron chi connectivity index (χ1n) is 7.68. The van der Waals surface area contributed by atoms with Crippen molar-refractivity contribution < 1.29 is 13.9 Å². The van der Waals surface area contributed by atoms with Crippen molar-refractivity contribution in [2.24, 2.45) is 0 Å². The SMILES string of the molecule is COc1ccc(CSc2nnc(C3CCNCC3)o2)cc1OC. The van der Waals surface area contributed by atoms with Crippen LogP contribution in [0.4, 0.5) is 0 Å². The van der Waals surface area contributed by atoms with Crippen molar-refractivity contribution in [2.75, 3.05) is 27.3 Å². The molecule has 7 heteroatoms. The molecule has 0 radical (unpaired) electrons. The van der Waals surface area contributed by atoms with Gasteiger partial charge in [0.1, 0.15) is 0 Å². The van der Waals surface area contributed by atoms with Crippen LogP contribution in [0.25, 0.3) is 0 Å². The van der Waals surface area contributed by atoms with Gasteiger partial charge in [0.05, 0.1) is 14.2 Å². The van der Waals surface area contributed by atoms with E-state index in [4.69, 9.17) is 13.9 Å². The van der Waals surface area contributed by atoms with Crippen LogP contribution in [0.5, 0.6) is 11.5 Å². The monoisotopic (exact) mass is 335 g/mol. The lowest BCUT2D eigenvalue weighted by Gasteiger charge is -2.18. The minimum Gasteiger partial charge on any atom is -0.493 e. The van der Waals surface area contributed by atoms with Crippen molar-refractivity contribution in [3.8, 4) is 11.5 Å². The van der Waals surface area contributed by atoms with Crippen molar-refractivity contribution in [3.05, 3.63) is 29.7 Å². The van der Waals surface area contributed by atoms with Crippen LogP contribution in [0, 0.1) is 0 Å². The Bertz CT molecular complexity index is 641. The lowest BCUT2D eigenvalue weighted by Crippen LogP contribution is -2.26. The van der Waals surface area contributed by atoms with E-state index in [0.29, 0.717) is 11.1 Å². The van der Waals surface area contributed by atoms with Crippen LogP contribution in [0.3, 0.4) is 0 Å². The van der Waals surface area contributed by atoms with Crippen molar-refractivity contribution in [1.82, 2.24) is 15.5 Å². The molecule has 1 fully saturated rings. The maximum absolute atomic E-state index is 5.80. The summed E-state index contributed by atoms with van der Waals surface area (Å²) in [5.74, 6) is 3.35. The first-order chi connectivity index (χ1) is 11.3. The first kappa shape index (κ1) is 16.1. The zero-order valence-corrected chi connectivity index (χ0v) is 14.2. The fourth-order valence-electron chi connectivity index (χ4n) is 2.63. The maximum atomic E-state index is 5.80. The molecule has 0 bridgehead atoms. The van der Waals surface area contributed by atoms with Gasteiger partial charge in [-0.05, 0) is 43.6 Å². The Hall–Kier alpha value is -1.73. The molecule has 124 valence electrons. The van der Waals surface area contributed by atoms with Gasteiger partial charge in [0.15, 0.2) is 11.5 Å². The summed E-state index contributed by atoms with van der Waals surface area (Å²) in [6, 6.07) is 5.89. The summed E-state index contributed by atoms with van der Waals surface area (Å²) in [6.07, 6.45) is 2.12. The zero-order valence-electron chi connectivity index (χ0n) is 13.4. The van der Waals surface area contributed by atoms with Crippen LogP contribution < -0.4 is 14.8 Å². The third-order valence-electron chi connectivity index (χ3n) is 3.92. The Morgan fingerprint density at radius 1 is 1.17 bits per heavy atom. The van der Waals surface area contributed by atoms with E-state index in [9.17, 15) is 0 Å². The Balaban J connectivity index is 1.61. The Morgan fingerprint density at radius 2 is 1.96 bits per heavy atom. The normalized spacial score (nSPS) is 15.6. The molecule has 6 nitrogen and oxygen atoms in total. The van der Waals surface area contributed by atoms with Gasteiger partial charge in [0, 0.05) is 11.7 Å². The fraction of sp³-hybridized carbons (Fsp3) is 0.500. The molecule has 1 aliphatic rings. The predicted octanol–water partition coefficient (Wildman–Crippen LogP) is 2.85. The van der Waals surface area contributed by atoms with Gasteiger partial charge < -0.3 is 19.2 Å². The standard InChI is InChI=1S/C16H21N3O3S/c1-20-13-4-3-11(9-14(13)21-2)10-23-16-19-18-15(22-16)12-5-7-17-8-6-12/h3-4,9,12,17H,5-8,10H2,1-2H3. The third kappa shape index (κ3) is 3.97. The number of nitrogens with zero attached hydrogens (tertiary/aromatic N) is 2. The summed E-state index contributed by atoms with van der Waals surface area (Å²) in [6.45, 7) is 2.03. The molecule has 3 rings (SSSR count). The molecule has 23 heavy (non-hydrogen) atoms. The van der Waals surface area contributed by atoms with E-state index in [1.807, 2.05) is 18.2 Å². The number of rotatable bonds is 6. The van der Waals surface area contributed by atoms with Gasteiger partial charge in [-0.25, -0.2) is 0 Å². The van der Waals surface area contributed by atoms with Gasteiger partial charge in [-0.2, -0.15) is 0 Å². The Labute approximate surface area is 140 Å². The van der Waals surface area contributed by atoms with E-state index in [0.717, 1.165) is 54.6 Å². The van der Waals surface area contributed by atoms with E-state index < -0.39 is 0 Å². The molecule has 0 spiro atoms. The summed E-state index contributed by atoms with van der Waals surface area (Å²) >= 11 is 1.54. The molecule has 2 aromatic rings. The molecule has 0 saturated carbocycles. The summed E-state index contributed by atoms with van der Waals surface area (Å²) in [5.41, 5.74) is 1.12. The largest absolute Gasteiger partial charge is 0.493 e. The Kier molecular flexibility index (Phi) is 5.40. The van der Waals surface area contributed by atoms with E-state index >= 15 is 0 Å². The topological polar surface area (TPSA) is 69.4 Å². The van der Waals surface area contributed by atoms with Crippen LogP contribution in [-0.4, -0.2) is 37.5 Å². The molecule has 0 aliphatic carbocycles. The second kappa shape index (κ2) is 7.70. The number of methoxy groups -OCH3 is 2. The number of aromatic nitrogens is 2. The number of ether oxygens (including phenoxy) is 2. The highest BCUT2D eigenvalue weighted by molar-refractivity contribution is 7.98. The molecule has 2 heterocycles. The predicted molar refractivity (Wildman–Crippen MR) is 88.2 cm³/mol. The van der Waals surface area contributed by atoms with Gasteiger partial charge in [0.25, 0.3) is 5.22 Å². The molecule has 0 unspecified atom stereocenters. The van der Waals surface area contributed by atoms with Crippen LogP contribution in [0.1, 0.15) is 30.2 Å². The van der Waals surface area contributed by atoms with Crippen LogP contribution in [0.15, 0.2) is 27.8 Å². The molecule has 1 aromatic heterocycles. The Morgan fingerprint density at radius 3 is 2.70 bits per heavy atom. The molecular formula is C16H21N3O3S. The molecule has 0 atom stereocenters. The van der Waals surface area contributed by atoms with Crippen LogP contribution >= 0.6 is 11.8 Å². The number of thioether (sulfide) groups is 1. The summed E-state index contributed by atoms with van der Waals surface area (Å²) in [5, 5.41) is 12.3.